The summed E-state index contributed by atoms with van der Waals surface area (Å²) in [5, 5.41) is 16.7. The van der Waals surface area contributed by atoms with Crippen LogP contribution in [0.25, 0.3) is 0 Å². The number of aryl methyl sites for hydroxylation is 3. The standard InChI is InChI=1S/C17H19N3O3/c1-11-8-12(2)16(13(3)9-11)19-15(21)10-18-17(22)14-6-4-5-7-20(14)23/h4-9H,10H2,1-3H3,(H,18,22)(H,19,21). The number of nitrogens with zero attached hydrogens (tertiary/aromatic N) is 1. The first kappa shape index (κ1) is 16.5. The number of hydrogen-bond acceptors (Lipinski definition) is 3. The second-order valence-corrected chi connectivity index (χ2v) is 5.42. The molecule has 0 bridgehead atoms. The third-order valence-corrected chi connectivity index (χ3v) is 3.41. The molecule has 23 heavy (non-hydrogen) atoms. The van der Waals surface area contributed by atoms with Crippen LogP contribution in [0.2, 0.25) is 0 Å². The Morgan fingerprint density at radius 3 is 2.39 bits per heavy atom. The van der Waals surface area contributed by atoms with Crippen LogP contribution in [0.4, 0.5) is 5.69 Å². The van der Waals surface area contributed by atoms with Gasteiger partial charge in [0.15, 0.2) is 6.20 Å². The Kier molecular flexibility index (Phi) is 4.95. The molecule has 1 heterocycles. The molecule has 0 unspecified atom stereocenters. The molecule has 120 valence electrons. The van der Waals surface area contributed by atoms with Crippen molar-refractivity contribution in [3.05, 3.63) is 64.1 Å². The summed E-state index contributed by atoms with van der Waals surface area (Å²) in [5.41, 5.74) is 3.73. The number of hydrogen-bond donors (Lipinski definition) is 2. The van der Waals surface area contributed by atoms with Crippen LogP contribution in [0.3, 0.4) is 0 Å². The molecule has 2 N–H and O–H groups in total. The average Bonchev–Trinajstić information content (AvgIpc) is 2.49. The highest BCUT2D eigenvalue weighted by Gasteiger charge is 2.16. The van der Waals surface area contributed by atoms with Crippen LogP contribution in [0.5, 0.6) is 0 Å². The van der Waals surface area contributed by atoms with Gasteiger partial charge in [0, 0.05) is 17.8 Å². The molecule has 0 aliphatic heterocycles. The van der Waals surface area contributed by atoms with Gasteiger partial charge in [-0.1, -0.05) is 17.7 Å². The molecule has 1 aromatic heterocycles. The zero-order valence-electron chi connectivity index (χ0n) is 13.3. The van der Waals surface area contributed by atoms with Gasteiger partial charge in [-0.05, 0) is 38.0 Å². The van der Waals surface area contributed by atoms with Crippen molar-refractivity contribution in [2.45, 2.75) is 20.8 Å². The van der Waals surface area contributed by atoms with Gasteiger partial charge < -0.3 is 15.8 Å². The second kappa shape index (κ2) is 6.91. The van der Waals surface area contributed by atoms with Crippen LogP contribution in [0, 0.1) is 26.0 Å². The highest BCUT2D eigenvalue weighted by molar-refractivity contribution is 5.98. The van der Waals surface area contributed by atoms with E-state index < -0.39 is 5.91 Å². The summed E-state index contributed by atoms with van der Waals surface area (Å²) in [7, 11) is 0. The normalized spacial score (nSPS) is 10.2. The first-order chi connectivity index (χ1) is 10.9. The van der Waals surface area contributed by atoms with E-state index in [9.17, 15) is 14.8 Å². The zero-order chi connectivity index (χ0) is 17.0. The maximum Gasteiger partial charge on any atom is 0.317 e. The van der Waals surface area contributed by atoms with Crippen molar-refractivity contribution in [2.75, 3.05) is 11.9 Å². The van der Waals surface area contributed by atoms with Gasteiger partial charge in [-0.3, -0.25) is 9.59 Å². The minimum absolute atomic E-state index is 0.0528. The van der Waals surface area contributed by atoms with Gasteiger partial charge in [0.25, 0.3) is 5.69 Å². The van der Waals surface area contributed by atoms with E-state index in [2.05, 4.69) is 10.6 Å². The van der Waals surface area contributed by atoms with Crippen molar-refractivity contribution in [1.82, 2.24) is 5.32 Å². The van der Waals surface area contributed by atoms with E-state index in [1.54, 1.807) is 6.07 Å². The highest BCUT2D eigenvalue weighted by atomic mass is 16.5. The van der Waals surface area contributed by atoms with Crippen molar-refractivity contribution >= 4 is 17.5 Å². The minimum Gasteiger partial charge on any atom is -0.618 e. The van der Waals surface area contributed by atoms with E-state index in [0.29, 0.717) is 4.73 Å². The monoisotopic (exact) mass is 313 g/mol. The Morgan fingerprint density at radius 1 is 1.13 bits per heavy atom. The van der Waals surface area contributed by atoms with Gasteiger partial charge in [0.05, 0.1) is 6.54 Å². The number of aromatic nitrogens is 1. The van der Waals surface area contributed by atoms with Gasteiger partial charge in [0.1, 0.15) is 0 Å². The maximum absolute atomic E-state index is 12.0. The number of amides is 2. The van der Waals surface area contributed by atoms with E-state index in [1.165, 1.54) is 18.3 Å². The van der Waals surface area contributed by atoms with E-state index in [1.807, 2.05) is 32.9 Å². The molecule has 0 radical (unpaired) electrons. The number of carbonyl (C=O) groups excluding carboxylic acids is 2. The first-order valence-electron chi connectivity index (χ1n) is 7.22. The molecule has 0 aliphatic carbocycles. The molecule has 1 aromatic carbocycles. The summed E-state index contributed by atoms with van der Waals surface area (Å²) in [6.45, 7) is 5.61. The first-order valence-corrected chi connectivity index (χ1v) is 7.22. The van der Waals surface area contributed by atoms with Crippen molar-refractivity contribution < 1.29 is 14.3 Å². The fourth-order valence-corrected chi connectivity index (χ4v) is 2.42. The quantitative estimate of drug-likeness (QED) is 0.664. The van der Waals surface area contributed by atoms with Crippen LogP contribution < -0.4 is 15.4 Å². The Bertz CT molecular complexity index is 733. The molecule has 2 aromatic rings. The van der Waals surface area contributed by atoms with Crippen molar-refractivity contribution in [3.63, 3.8) is 0 Å². The fourth-order valence-electron chi connectivity index (χ4n) is 2.42. The third kappa shape index (κ3) is 4.06. The number of carbonyl (C=O) groups is 2. The molecular weight excluding hydrogens is 294 g/mol. The van der Waals surface area contributed by atoms with E-state index in [0.717, 1.165) is 22.4 Å². The van der Waals surface area contributed by atoms with Crippen LogP contribution in [-0.4, -0.2) is 18.4 Å². The average molecular weight is 313 g/mol. The third-order valence-electron chi connectivity index (χ3n) is 3.41. The minimum atomic E-state index is -0.590. The van der Waals surface area contributed by atoms with Gasteiger partial charge in [-0.2, -0.15) is 4.73 Å². The molecular formula is C17H19N3O3. The number of rotatable bonds is 4. The molecule has 6 nitrogen and oxygen atoms in total. The zero-order valence-corrected chi connectivity index (χ0v) is 13.3. The molecule has 0 saturated heterocycles. The topological polar surface area (TPSA) is 85.1 Å². The van der Waals surface area contributed by atoms with Crippen LogP contribution in [0.15, 0.2) is 36.5 Å². The summed E-state index contributed by atoms with van der Waals surface area (Å²) in [6, 6.07) is 8.47. The molecule has 2 rings (SSSR count). The number of nitrogens with one attached hydrogen (secondary N) is 2. The fraction of sp³-hybridized carbons (Fsp3) is 0.235. The molecule has 0 atom stereocenters. The van der Waals surface area contributed by atoms with E-state index in [-0.39, 0.29) is 18.1 Å². The smallest absolute Gasteiger partial charge is 0.317 e. The van der Waals surface area contributed by atoms with Gasteiger partial charge >= 0.3 is 5.91 Å². The Morgan fingerprint density at radius 2 is 1.78 bits per heavy atom. The summed E-state index contributed by atoms with van der Waals surface area (Å²) >= 11 is 0. The van der Waals surface area contributed by atoms with Crippen LogP contribution in [-0.2, 0) is 4.79 Å². The molecule has 6 heteroatoms. The van der Waals surface area contributed by atoms with Crippen LogP contribution in [0.1, 0.15) is 27.2 Å². The van der Waals surface area contributed by atoms with Crippen molar-refractivity contribution in [3.8, 4) is 0 Å². The molecule has 0 aliphatic rings. The van der Waals surface area contributed by atoms with Gasteiger partial charge in [-0.25, -0.2) is 0 Å². The lowest BCUT2D eigenvalue weighted by atomic mass is 10.1. The van der Waals surface area contributed by atoms with E-state index >= 15 is 0 Å². The van der Waals surface area contributed by atoms with E-state index in [4.69, 9.17) is 0 Å². The summed E-state index contributed by atoms with van der Waals surface area (Å²) in [5.74, 6) is -0.935. The molecule has 0 saturated carbocycles. The maximum atomic E-state index is 12.0. The van der Waals surface area contributed by atoms with Crippen LogP contribution >= 0.6 is 0 Å². The predicted octanol–water partition coefficient (Wildman–Crippen LogP) is 1.61. The second-order valence-electron chi connectivity index (χ2n) is 5.42. The number of benzene rings is 1. The summed E-state index contributed by atoms with van der Waals surface area (Å²) in [4.78, 5) is 23.9. The lowest BCUT2D eigenvalue weighted by molar-refractivity contribution is -0.607. The number of anilines is 1. The Balaban J connectivity index is 1.99. The molecule has 0 fully saturated rings. The van der Waals surface area contributed by atoms with Crippen molar-refractivity contribution in [2.24, 2.45) is 0 Å². The highest BCUT2D eigenvalue weighted by Crippen LogP contribution is 2.21. The molecule has 2 amide bonds. The Hall–Kier alpha value is -2.89. The SMILES string of the molecule is Cc1cc(C)c(NC(=O)CNC(=O)c2cccc[n+]2[O-])c(C)c1. The Labute approximate surface area is 134 Å². The largest absolute Gasteiger partial charge is 0.618 e. The lowest BCUT2D eigenvalue weighted by Crippen LogP contribution is -2.41. The lowest BCUT2D eigenvalue weighted by Gasteiger charge is -2.13. The summed E-state index contributed by atoms with van der Waals surface area (Å²) < 4.78 is 0.460. The predicted molar refractivity (Wildman–Crippen MR) is 87.0 cm³/mol. The van der Waals surface area contributed by atoms with Crippen molar-refractivity contribution in [1.29, 1.82) is 0 Å². The van der Waals surface area contributed by atoms with Gasteiger partial charge in [-0.15, -0.1) is 0 Å². The summed E-state index contributed by atoms with van der Waals surface area (Å²) in [6.07, 6.45) is 1.23. The van der Waals surface area contributed by atoms with Gasteiger partial charge in [0.2, 0.25) is 5.91 Å². The molecule has 0 spiro atoms. The number of pyridine rings is 1.